The highest BCUT2D eigenvalue weighted by atomic mass is 16.1. The van der Waals surface area contributed by atoms with Crippen molar-refractivity contribution in [3.8, 4) is 0 Å². The van der Waals surface area contributed by atoms with Crippen molar-refractivity contribution in [2.45, 2.75) is 52.1 Å². The summed E-state index contributed by atoms with van der Waals surface area (Å²) in [6, 6.07) is 0.529. The molecule has 0 aromatic carbocycles. The fourth-order valence-electron chi connectivity index (χ4n) is 2.79. The number of piperidine rings is 1. The van der Waals surface area contributed by atoms with Crippen LogP contribution in [0.4, 0.5) is 0 Å². The van der Waals surface area contributed by atoms with Crippen molar-refractivity contribution >= 4 is 5.91 Å². The lowest BCUT2D eigenvalue weighted by molar-refractivity contribution is 0.0926. The normalized spacial score (nSPS) is 21.2. The molecular weight excluding hydrogens is 240 g/mol. The molecule has 5 heteroatoms. The minimum absolute atomic E-state index is 0.0111. The summed E-state index contributed by atoms with van der Waals surface area (Å²) in [5, 5.41) is 10.9. The summed E-state index contributed by atoms with van der Waals surface area (Å²) in [7, 11) is 1.87. The van der Waals surface area contributed by atoms with E-state index in [1.165, 1.54) is 12.8 Å². The third kappa shape index (κ3) is 2.97. The van der Waals surface area contributed by atoms with Crippen LogP contribution in [0.5, 0.6) is 0 Å². The summed E-state index contributed by atoms with van der Waals surface area (Å²) >= 11 is 0. The molecule has 0 saturated carbocycles. The van der Waals surface area contributed by atoms with Crippen LogP contribution in [0.25, 0.3) is 0 Å². The van der Waals surface area contributed by atoms with Crippen LogP contribution < -0.4 is 10.6 Å². The van der Waals surface area contributed by atoms with Gasteiger partial charge in [-0.05, 0) is 40.2 Å². The highest BCUT2D eigenvalue weighted by molar-refractivity contribution is 5.96. The number of hydrogen-bond acceptors (Lipinski definition) is 3. The van der Waals surface area contributed by atoms with Gasteiger partial charge in [-0.15, -0.1) is 0 Å². The Labute approximate surface area is 114 Å². The van der Waals surface area contributed by atoms with Crippen molar-refractivity contribution in [1.29, 1.82) is 0 Å². The predicted molar refractivity (Wildman–Crippen MR) is 75.3 cm³/mol. The predicted octanol–water partition coefficient (Wildman–Crippen LogP) is 1.30. The molecule has 2 N–H and O–H groups in total. The fraction of sp³-hybridized carbons (Fsp3) is 0.714. The Morgan fingerprint density at radius 3 is 2.74 bits per heavy atom. The smallest absolute Gasteiger partial charge is 0.255 e. The zero-order chi connectivity index (χ0) is 14.0. The summed E-state index contributed by atoms with van der Waals surface area (Å²) in [6.07, 6.45) is 3.60. The van der Waals surface area contributed by atoms with Crippen molar-refractivity contribution in [3.05, 3.63) is 17.0 Å². The number of amides is 1. The molecule has 106 valence electrons. The molecule has 2 heterocycles. The van der Waals surface area contributed by atoms with E-state index in [2.05, 4.69) is 22.7 Å². The molecule has 1 fully saturated rings. The van der Waals surface area contributed by atoms with Crippen LogP contribution in [0, 0.1) is 13.8 Å². The Morgan fingerprint density at radius 2 is 2.21 bits per heavy atom. The van der Waals surface area contributed by atoms with Gasteiger partial charge in [-0.1, -0.05) is 6.42 Å². The zero-order valence-corrected chi connectivity index (χ0v) is 12.3. The average Bonchev–Trinajstić information content (AvgIpc) is 2.64. The quantitative estimate of drug-likeness (QED) is 0.865. The van der Waals surface area contributed by atoms with Gasteiger partial charge in [0.2, 0.25) is 0 Å². The molecule has 1 amide bonds. The van der Waals surface area contributed by atoms with Gasteiger partial charge < -0.3 is 10.6 Å². The largest absolute Gasteiger partial charge is 0.348 e. The molecule has 1 aliphatic heterocycles. The first kappa shape index (κ1) is 14.1. The van der Waals surface area contributed by atoms with Crippen molar-refractivity contribution < 1.29 is 4.79 Å². The second-order valence-corrected chi connectivity index (χ2v) is 5.49. The minimum Gasteiger partial charge on any atom is -0.348 e. The van der Waals surface area contributed by atoms with Crippen LogP contribution in [0.1, 0.15) is 47.9 Å². The molecule has 1 aliphatic rings. The molecule has 1 saturated heterocycles. The van der Waals surface area contributed by atoms with Gasteiger partial charge in [-0.2, -0.15) is 5.10 Å². The number of aromatic nitrogens is 2. The molecule has 2 rings (SSSR count). The fourth-order valence-corrected chi connectivity index (χ4v) is 2.79. The first-order valence-electron chi connectivity index (χ1n) is 7.05. The summed E-state index contributed by atoms with van der Waals surface area (Å²) < 4.78 is 1.76. The van der Waals surface area contributed by atoms with E-state index in [1.54, 1.807) is 4.68 Å². The van der Waals surface area contributed by atoms with Gasteiger partial charge in [0.25, 0.3) is 5.91 Å². The lowest BCUT2D eigenvalue weighted by Gasteiger charge is -2.29. The zero-order valence-electron chi connectivity index (χ0n) is 12.3. The van der Waals surface area contributed by atoms with Crippen LogP contribution in [0.2, 0.25) is 0 Å². The third-order valence-electron chi connectivity index (χ3n) is 4.05. The van der Waals surface area contributed by atoms with E-state index in [9.17, 15) is 4.79 Å². The molecule has 5 nitrogen and oxygen atoms in total. The van der Waals surface area contributed by atoms with E-state index in [4.69, 9.17) is 0 Å². The highest BCUT2D eigenvalue weighted by Gasteiger charge is 2.24. The van der Waals surface area contributed by atoms with Crippen LogP contribution in [-0.4, -0.2) is 34.3 Å². The summed E-state index contributed by atoms with van der Waals surface area (Å²) in [5.41, 5.74) is 2.42. The average molecular weight is 264 g/mol. The molecule has 0 spiro atoms. The lowest BCUT2D eigenvalue weighted by Crippen LogP contribution is -2.50. The minimum atomic E-state index is -0.0111. The molecule has 0 radical (unpaired) electrons. The topological polar surface area (TPSA) is 59.0 Å². The summed E-state index contributed by atoms with van der Waals surface area (Å²) in [6.45, 7) is 6.93. The van der Waals surface area contributed by atoms with Gasteiger partial charge in [0, 0.05) is 24.8 Å². The molecule has 1 aromatic heterocycles. The van der Waals surface area contributed by atoms with Crippen LogP contribution in [0.3, 0.4) is 0 Å². The standard InChI is InChI=1S/C14H24N4O/c1-9(12-7-5-6-8-15-12)16-14(19)13-10(2)17-18(4)11(13)3/h9,12,15H,5-8H2,1-4H3,(H,16,19). The van der Waals surface area contributed by atoms with Crippen molar-refractivity contribution in [1.82, 2.24) is 20.4 Å². The molecule has 1 aromatic rings. The number of hydrogen-bond donors (Lipinski definition) is 2. The summed E-state index contributed by atoms with van der Waals surface area (Å²) in [4.78, 5) is 12.4. The maximum Gasteiger partial charge on any atom is 0.255 e. The molecule has 0 aliphatic carbocycles. The second-order valence-electron chi connectivity index (χ2n) is 5.49. The number of carbonyl (C=O) groups is 1. The number of carbonyl (C=O) groups excluding carboxylic acids is 1. The van der Waals surface area contributed by atoms with E-state index in [0.717, 1.165) is 24.4 Å². The van der Waals surface area contributed by atoms with E-state index >= 15 is 0 Å². The van der Waals surface area contributed by atoms with E-state index in [0.29, 0.717) is 11.6 Å². The number of nitrogens with one attached hydrogen (secondary N) is 2. The molecule has 2 atom stereocenters. The Morgan fingerprint density at radius 1 is 1.47 bits per heavy atom. The Kier molecular flexibility index (Phi) is 4.24. The first-order valence-corrected chi connectivity index (χ1v) is 7.05. The maximum absolute atomic E-state index is 12.4. The monoisotopic (exact) mass is 264 g/mol. The second kappa shape index (κ2) is 5.74. The first-order chi connectivity index (χ1) is 9.00. The van der Waals surface area contributed by atoms with Gasteiger partial charge in [0.15, 0.2) is 0 Å². The molecule has 2 unspecified atom stereocenters. The van der Waals surface area contributed by atoms with Crippen LogP contribution in [0.15, 0.2) is 0 Å². The Hall–Kier alpha value is -1.36. The van der Waals surface area contributed by atoms with E-state index < -0.39 is 0 Å². The SMILES string of the molecule is Cc1nn(C)c(C)c1C(=O)NC(C)C1CCCCN1. The van der Waals surface area contributed by atoms with Crippen molar-refractivity contribution in [2.24, 2.45) is 7.05 Å². The molecular formula is C14H24N4O. The Balaban J connectivity index is 2.04. The van der Waals surface area contributed by atoms with Gasteiger partial charge in [-0.25, -0.2) is 0 Å². The molecule has 0 bridgehead atoms. The Bertz CT molecular complexity index is 460. The number of nitrogens with zero attached hydrogens (tertiary/aromatic N) is 2. The van der Waals surface area contributed by atoms with Crippen molar-refractivity contribution in [3.63, 3.8) is 0 Å². The molecule has 19 heavy (non-hydrogen) atoms. The van der Waals surface area contributed by atoms with E-state index in [-0.39, 0.29) is 11.9 Å². The highest BCUT2D eigenvalue weighted by Crippen LogP contribution is 2.14. The van der Waals surface area contributed by atoms with E-state index in [1.807, 2.05) is 20.9 Å². The van der Waals surface area contributed by atoms with Gasteiger partial charge >= 0.3 is 0 Å². The summed E-state index contributed by atoms with van der Waals surface area (Å²) in [5.74, 6) is -0.0111. The lowest BCUT2D eigenvalue weighted by atomic mass is 9.98. The number of aryl methyl sites for hydroxylation is 2. The van der Waals surface area contributed by atoms with Crippen molar-refractivity contribution in [2.75, 3.05) is 6.54 Å². The number of rotatable bonds is 3. The maximum atomic E-state index is 12.4. The van der Waals surface area contributed by atoms with Crippen LogP contribution in [-0.2, 0) is 7.05 Å². The van der Waals surface area contributed by atoms with Gasteiger partial charge in [0.05, 0.1) is 11.3 Å². The van der Waals surface area contributed by atoms with Gasteiger partial charge in [-0.3, -0.25) is 9.48 Å². The van der Waals surface area contributed by atoms with Gasteiger partial charge in [0.1, 0.15) is 0 Å². The van der Waals surface area contributed by atoms with Crippen LogP contribution >= 0.6 is 0 Å². The third-order valence-corrected chi connectivity index (χ3v) is 4.05.